The number of hydrogen-bond donors (Lipinski definition) is 1. The molecule has 0 amide bonds. The van der Waals surface area contributed by atoms with Gasteiger partial charge in [-0.25, -0.2) is 4.68 Å². The van der Waals surface area contributed by atoms with E-state index < -0.39 is 4.92 Å². The molecule has 2 aromatic rings. The molecule has 1 aromatic heterocycles. The second-order valence-corrected chi connectivity index (χ2v) is 3.82. The van der Waals surface area contributed by atoms with Gasteiger partial charge in [0.05, 0.1) is 11.1 Å². The molecule has 6 heteroatoms. The lowest BCUT2D eigenvalue weighted by atomic mass is 10.2. The summed E-state index contributed by atoms with van der Waals surface area (Å²) < 4.78 is 1.53. The summed E-state index contributed by atoms with van der Waals surface area (Å²) in [5, 5.41) is 18.3. The van der Waals surface area contributed by atoms with Crippen LogP contribution in [-0.4, -0.2) is 21.2 Å². The van der Waals surface area contributed by atoms with Crippen molar-refractivity contribution in [1.82, 2.24) is 15.1 Å². The minimum atomic E-state index is -0.402. The second-order valence-electron chi connectivity index (χ2n) is 3.82. The molecule has 2 rings (SSSR count). The van der Waals surface area contributed by atoms with E-state index >= 15 is 0 Å². The summed E-state index contributed by atoms with van der Waals surface area (Å²) in [6.07, 6.45) is 3.50. The van der Waals surface area contributed by atoms with Gasteiger partial charge in [-0.1, -0.05) is 19.1 Å². The Kier molecular flexibility index (Phi) is 3.69. The topological polar surface area (TPSA) is 73.0 Å². The van der Waals surface area contributed by atoms with Crippen molar-refractivity contribution in [3.8, 4) is 5.69 Å². The van der Waals surface area contributed by atoms with Gasteiger partial charge in [-0.15, -0.1) is 0 Å². The Labute approximate surface area is 104 Å². The summed E-state index contributed by atoms with van der Waals surface area (Å²) in [4.78, 5) is 10.5. The molecule has 0 saturated carbocycles. The molecule has 94 valence electrons. The first-order valence-electron chi connectivity index (χ1n) is 5.70. The highest BCUT2D eigenvalue weighted by molar-refractivity contribution is 5.51. The number of nitro groups is 1. The summed E-state index contributed by atoms with van der Waals surface area (Å²) in [7, 11) is 0. The average Bonchev–Trinajstić information content (AvgIpc) is 2.85. The van der Waals surface area contributed by atoms with Gasteiger partial charge in [-0.05, 0) is 12.6 Å². The first kappa shape index (κ1) is 12.3. The number of benzene rings is 1. The quantitative estimate of drug-likeness (QED) is 0.646. The van der Waals surface area contributed by atoms with Crippen LogP contribution in [0.4, 0.5) is 5.69 Å². The van der Waals surface area contributed by atoms with Crippen LogP contribution in [0.15, 0.2) is 36.7 Å². The normalized spacial score (nSPS) is 10.5. The fraction of sp³-hybridized carbons (Fsp3) is 0.250. The van der Waals surface area contributed by atoms with Crippen molar-refractivity contribution in [2.45, 2.75) is 13.5 Å². The highest BCUT2D eigenvalue weighted by atomic mass is 16.6. The summed E-state index contributed by atoms with van der Waals surface area (Å²) >= 11 is 0. The van der Waals surface area contributed by atoms with Gasteiger partial charge in [-0.2, -0.15) is 5.10 Å². The number of hydrogen-bond acceptors (Lipinski definition) is 4. The Bertz CT molecular complexity index is 551. The van der Waals surface area contributed by atoms with Crippen molar-refractivity contribution in [2.75, 3.05) is 6.54 Å². The SMILES string of the molecule is CCNCc1cnn(-c2ccccc2[N+](=O)[O-])c1. The van der Waals surface area contributed by atoms with Crippen LogP contribution in [0.1, 0.15) is 12.5 Å². The molecular formula is C12H14N4O2. The van der Waals surface area contributed by atoms with Gasteiger partial charge in [0, 0.05) is 24.4 Å². The first-order valence-corrected chi connectivity index (χ1v) is 5.70. The second kappa shape index (κ2) is 5.42. The molecule has 18 heavy (non-hydrogen) atoms. The molecule has 0 fully saturated rings. The Hall–Kier alpha value is -2.21. The van der Waals surface area contributed by atoms with Gasteiger partial charge < -0.3 is 5.32 Å². The van der Waals surface area contributed by atoms with Gasteiger partial charge in [0.2, 0.25) is 0 Å². The minimum absolute atomic E-state index is 0.0515. The van der Waals surface area contributed by atoms with Crippen LogP contribution in [0.25, 0.3) is 5.69 Å². The lowest BCUT2D eigenvalue weighted by Gasteiger charge is -2.02. The number of aromatic nitrogens is 2. The predicted molar refractivity (Wildman–Crippen MR) is 67.6 cm³/mol. The molecular weight excluding hydrogens is 232 g/mol. The Morgan fingerprint density at radius 3 is 2.94 bits per heavy atom. The summed E-state index contributed by atoms with van der Waals surface area (Å²) in [5.74, 6) is 0. The van der Waals surface area contributed by atoms with E-state index in [1.165, 1.54) is 10.7 Å². The van der Waals surface area contributed by atoms with Gasteiger partial charge in [-0.3, -0.25) is 10.1 Å². The minimum Gasteiger partial charge on any atom is -0.313 e. The third-order valence-corrected chi connectivity index (χ3v) is 2.54. The predicted octanol–water partition coefficient (Wildman–Crippen LogP) is 1.89. The third kappa shape index (κ3) is 2.54. The van der Waals surface area contributed by atoms with Gasteiger partial charge in [0.25, 0.3) is 5.69 Å². The maximum Gasteiger partial charge on any atom is 0.294 e. The van der Waals surface area contributed by atoms with Gasteiger partial charge in [0.15, 0.2) is 0 Å². The number of nitro benzene ring substituents is 1. The van der Waals surface area contributed by atoms with Crippen molar-refractivity contribution in [3.63, 3.8) is 0 Å². The molecule has 1 aromatic carbocycles. The average molecular weight is 246 g/mol. The summed E-state index contributed by atoms with van der Waals surface area (Å²) in [5.41, 5.74) is 1.52. The Morgan fingerprint density at radius 2 is 2.22 bits per heavy atom. The van der Waals surface area contributed by atoms with Crippen molar-refractivity contribution in [1.29, 1.82) is 0 Å². The highest BCUT2D eigenvalue weighted by Crippen LogP contribution is 2.21. The van der Waals surface area contributed by atoms with Crippen LogP contribution in [0.5, 0.6) is 0 Å². The largest absolute Gasteiger partial charge is 0.313 e. The van der Waals surface area contributed by atoms with E-state index in [1.54, 1.807) is 30.6 Å². The van der Waals surface area contributed by atoms with Crippen molar-refractivity contribution >= 4 is 5.69 Å². The van der Waals surface area contributed by atoms with Crippen molar-refractivity contribution < 1.29 is 4.92 Å². The third-order valence-electron chi connectivity index (χ3n) is 2.54. The molecule has 0 unspecified atom stereocenters. The lowest BCUT2D eigenvalue weighted by molar-refractivity contribution is -0.384. The lowest BCUT2D eigenvalue weighted by Crippen LogP contribution is -2.11. The van der Waals surface area contributed by atoms with E-state index in [0.29, 0.717) is 12.2 Å². The smallest absolute Gasteiger partial charge is 0.294 e. The highest BCUT2D eigenvalue weighted by Gasteiger charge is 2.14. The zero-order chi connectivity index (χ0) is 13.0. The van der Waals surface area contributed by atoms with Crippen molar-refractivity contribution in [2.24, 2.45) is 0 Å². The maximum atomic E-state index is 10.9. The Morgan fingerprint density at radius 1 is 1.44 bits per heavy atom. The molecule has 0 spiro atoms. The van der Waals surface area contributed by atoms with Crippen LogP contribution in [0, 0.1) is 10.1 Å². The molecule has 1 heterocycles. The molecule has 0 atom stereocenters. The van der Waals surface area contributed by atoms with Crippen LogP contribution in [-0.2, 0) is 6.54 Å². The van der Waals surface area contributed by atoms with Gasteiger partial charge >= 0.3 is 0 Å². The number of para-hydroxylation sites is 2. The molecule has 0 aliphatic rings. The molecule has 6 nitrogen and oxygen atoms in total. The fourth-order valence-corrected chi connectivity index (χ4v) is 1.66. The molecule has 1 N–H and O–H groups in total. The van der Waals surface area contributed by atoms with Crippen LogP contribution >= 0.6 is 0 Å². The van der Waals surface area contributed by atoms with Crippen LogP contribution < -0.4 is 5.32 Å². The summed E-state index contributed by atoms with van der Waals surface area (Å²) in [6.45, 7) is 3.60. The molecule has 0 saturated heterocycles. The standard InChI is InChI=1S/C12H14N4O2/c1-2-13-7-10-8-14-15(9-10)11-5-3-4-6-12(11)16(17)18/h3-6,8-9,13H,2,7H2,1H3. The Balaban J connectivity index is 2.31. The zero-order valence-electron chi connectivity index (χ0n) is 10.0. The van der Waals surface area contributed by atoms with E-state index in [2.05, 4.69) is 10.4 Å². The molecule has 0 aliphatic heterocycles. The monoisotopic (exact) mass is 246 g/mol. The zero-order valence-corrected chi connectivity index (χ0v) is 10.0. The summed E-state index contributed by atoms with van der Waals surface area (Å²) in [6, 6.07) is 6.56. The first-order chi connectivity index (χ1) is 8.72. The van der Waals surface area contributed by atoms with E-state index in [4.69, 9.17) is 0 Å². The number of nitrogens with zero attached hydrogens (tertiary/aromatic N) is 3. The maximum absolute atomic E-state index is 10.9. The molecule has 0 aliphatic carbocycles. The number of rotatable bonds is 5. The van der Waals surface area contributed by atoms with E-state index in [-0.39, 0.29) is 5.69 Å². The van der Waals surface area contributed by atoms with Crippen molar-refractivity contribution in [3.05, 3.63) is 52.3 Å². The van der Waals surface area contributed by atoms with E-state index in [1.807, 2.05) is 6.92 Å². The van der Waals surface area contributed by atoms with Gasteiger partial charge in [0.1, 0.15) is 5.69 Å². The van der Waals surface area contributed by atoms with E-state index in [0.717, 1.165) is 12.1 Å². The number of nitrogens with one attached hydrogen (secondary N) is 1. The van der Waals surface area contributed by atoms with Crippen LogP contribution in [0.2, 0.25) is 0 Å². The molecule has 0 radical (unpaired) electrons. The molecule has 0 bridgehead atoms. The fourth-order valence-electron chi connectivity index (χ4n) is 1.66. The van der Waals surface area contributed by atoms with Crippen LogP contribution in [0.3, 0.4) is 0 Å². The van der Waals surface area contributed by atoms with E-state index in [9.17, 15) is 10.1 Å².